The van der Waals surface area contributed by atoms with E-state index < -0.39 is 45.9 Å². The molecule has 0 bridgehead atoms. The number of nitrogens with one attached hydrogen (secondary N) is 3. The van der Waals surface area contributed by atoms with Gasteiger partial charge in [0.15, 0.2) is 5.76 Å². The molecule has 0 unspecified atom stereocenters. The quantitative estimate of drug-likeness (QED) is 0.447. The molecule has 9 nitrogen and oxygen atoms in total. The Kier molecular flexibility index (Phi) is 4.14. The van der Waals surface area contributed by atoms with E-state index in [0.29, 0.717) is 11.6 Å². The van der Waals surface area contributed by atoms with E-state index in [1.54, 1.807) is 0 Å². The van der Waals surface area contributed by atoms with Crippen LogP contribution >= 0.6 is 0 Å². The Bertz CT molecular complexity index is 1280. The number of anilines is 1. The number of halogens is 4. The third kappa shape index (κ3) is 3.44. The Labute approximate surface area is 156 Å². The topological polar surface area (TPSA) is 130 Å². The third-order valence-electron chi connectivity index (χ3n) is 3.88. The van der Waals surface area contributed by atoms with Gasteiger partial charge in [-0.25, -0.2) is 4.39 Å². The number of furan rings is 1. The number of hydrogen-bond donors (Lipinski definition) is 3. The summed E-state index contributed by atoms with van der Waals surface area (Å²) in [4.78, 5) is 25.9. The summed E-state index contributed by atoms with van der Waals surface area (Å²) in [7, 11) is 0. The van der Waals surface area contributed by atoms with E-state index in [1.807, 2.05) is 0 Å². The number of hydrogen-bond acceptors (Lipinski definition) is 6. The molecule has 148 valence electrons. The summed E-state index contributed by atoms with van der Waals surface area (Å²) < 4.78 is 58.5. The van der Waals surface area contributed by atoms with Gasteiger partial charge in [-0.3, -0.25) is 14.6 Å². The molecule has 29 heavy (non-hydrogen) atoms. The van der Waals surface area contributed by atoms with Gasteiger partial charge >= 0.3 is 6.18 Å². The maximum absolute atomic E-state index is 14.1. The number of fused-ring (bicyclic) bond motifs is 1. The summed E-state index contributed by atoms with van der Waals surface area (Å²) in [5, 5.41) is 14.7. The van der Waals surface area contributed by atoms with Crippen LogP contribution in [0.1, 0.15) is 16.1 Å². The summed E-state index contributed by atoms with van der Waals surface area (Å²) in [5.41, 5.74) is -2.81. The summed E-state index contributed by atoms with van der Waals surface area (Å²) in [6.07, 6.45) is -4.84. The Morgan fingerprint density at radius 1 is 1.17 bits per heavy atom. The number of H-pyrrole nitrogens is 2. The standard InChI is InChI=1S/C16H8F4N6O3/c17-9-2-1-6(13-23-25-26-24-13)3-10(9)21-14(28)11-4-7-8(16(18,19)20)5-12(27)22-15(7)29-11/h1-5H,(H,21,28)(H,22,27)(H,23,24,25,26). The minimum atomic E-state index is -4.84. The molecule has 3 N–H and O–H groups in total. The van der Waals surface area contributed by atoms with Crippen molar-refractivity contribution in [1.82, 2.24) is 25.6 Å². The number of carbonyl (C=O) groups is 1. The highest BCUT2D eigenvalue weighted by Crippen LogP contribution is 2.34. The van der Waals surface area contributed by atoms with Gasteiger partial charge in [0.05, 0.1) is 16.6 Å². The molecular formula is C16H8F4N6O3. The van der Waals surface area contributed by atoms with Crippen LogP contribution in [0.15, 0.2) is 39.5 Å². The maximum Gasteiger partial charge on any atom is 0.417 e. The Hall–Kier alpha value is -4.03. The number of pyridine rings is 1. The van der Waals surface area contributed by atoms with Crippen molar-refractivity contribution >= 4 is 22.7 Å². The zero-order chi connectivity index (χ0) is 20.8. The first-order valence-electron chi connectivity index (χ1n) is 7.81. The van der Waals surface area contributed by atoms with E-state index in [-0.39, 0.29) is 11.5 Å². The van der Waals surface area contributed by atoms with Gasteiger partial charge in [-0.1, -0.05) is 0 Å². The molecule has 1 amide bonds. The lowest BCUT2D eigenvalue weighted by molar-refractivity contribution is -0.136. The van der Waals surface area contributed by atoms with Crippen molar-refractivity contribution in [3.05, 3.63) is 57.8 Å². The van der Waals surface area contributed by atoms with Crippen molar-refractivity contribution in [3.63, 3.8) is 0 Å². The molecule has 13 heteroatoms. The number of carbonyl (C=O) groups excluding carboxylic acids is 1. The van der Waals surface area contributed by atoms with Gasteiger partial charge in [-0.05, 0) is 29.5 Å². The highest BCUT2D eigenvalue weighted by Gasteiger charge is 2.34. The summed E-state index contributed by atoms with van der Waals surface area (Å²) in [6, 6.07) is 4.76. The molecule has 0 aliphatic carbocycles. The van der Waals surface area contributed by atoms with Crippen molar-refractivity contribution in [2.24, 2.45) is 0 Å². The molecule has 0 aliphatic heterocycles. The van der Waals surface area contributed by atoms with Crippen LogP contribution in [0.3, 0.4) is 0 Å². The fraction of sp³-hybridized carbons (Fsp3) is 0.0625. The van der Waals surface area contributed by atoms with Crippen LogP contribution in [0.5, 0.6) is 0 Å². The van der Waals surface area contributed by atoms with Crippen molar-refractivity contribution in [2.75, 3.05) is 5.32 Å². The first-order valence-corrected chi connectivity index (χ1v) is 7.81. The number of aromatic nitrogens is 5. The normalized spacial score (nSPS) is 11.7. The van der Waals surface area contributed by atoms with E-state index in [4.69, 9.17) is 4.42 Å². The smallest absolute Gasteiger partial charge is 0.417 e. The second-order valence-corrected chi connectivity index (χ2v) is 5.78. The van der Waals surface area contributed by atoms with Crippen LogP contribution < -0.4 is 10.9 Å². The average Bonchev–Trinajstić information content (AvgIpc) is 3.31. The molecule has 4 aromatic rings. The molecule has 1 aromatic carbocycles. The molecule has 4 rings (SSSR count). The summed E-state index contributed by atoms with van der Waals surface area (Å²) >= 11 is 0. The van der Waals surface area contributed by atoms with E-state index >= 15 is 0 Å². The molecule has 0 saturated carbocycles. The number of rotatable bonds is 3. The predicted octanol–water partition coefficient (Wildman–Crippen LogP) is 2.71. The summed E-state index contributed by atoms with van der Waals surface area (Å²) in [5.74, 6) is -2.27. The van der Waals surface area contributed by atoms with E-state index in [9.17, 15) is 27.2 Å². The highest BCUT2D eigenvalue weighted by atomic mass is 19.4. The Balaban J connectivity index is 1.70. The first-order chi connectivity index (χ1) is 13.7. The lowest BCUT2D eigenvalue weighted by Gasteiger charge is -2.06. The number of amides is 1. The predicted molar refractivity (Wildman–Crippen MR) is 89.4 cm³/mol. The molecule has 0 saturated heterocycles. The van der Waals surface area contributed by atoms with Gasteiger partial charge in [-0.15, -0.1) is 10.2 Å². The molecule has 0 radical (unpaired) electrons. The van der Waals surface area contributed by atoms with Gasteiger partial charge in [0.1, 0.15) is 5.82 Å². The van der Waals surface area contributed by atoms with Crippen molar-refractivity contribution in [3.8, 4) is 11.4 Å². The van der Waals surface area contributed by atoms with Crippen LogP contribution in [0, 0.1) is 5.82 Å². The zero-order valence-corrected chi connectivity index (χ0v) is 14.0. The minimum Gasteiger partial charge on any atom is -0.434 e. The second kappa shape index (κ2) is 6.54. The second-order valence-electron chi connectivity index (χ2n) is 5.78. The number of aromatic amines is 2. The average molecular weight is 408 g/mol. The van der Waals surface area contributed by atoms with Crippen LogP contribution in [0.2, 0.25) is 0 Å². The molecule has 3 aromatic heterocycles. The van der Waals surface area contributed by atoms with Crippen LogP contribution in [-0.2, 0) is 6.18 Å². The lowest BCUT2D eigenvalue weighted by Crippen LogP contribution is -2.13. The summed E-state index contributed by atoms with van der Waals surface area (Å²) in [6.45, 7) is 0. The van der Waals surface area contributed by atoms with Crippen LogP contribution in [0.4, 0.5) is 23.2 Å². The zero-order valence-electron chi connectivity index (χ0n) is 14.0. The van der Waals surface area contributed by atoms with Crippen molar-refractivity contribution < 1.29 is 26.8 Å². The third-order valence-corrected chi connectivity index (χ3v) is 3.88. The number of alkyl halides is 3. The fourth-order valence-corrected chi connectivity index (χ4v) is 2.62. The Morgan fingerprint density at radius 3 is 2.66 bits per heavy atom. The van der Waals surface area contributed by atoms with Crippen molar-refractivity contribution in [2.45, 2.75) is 6.18 Å². The van der Waals surface area contributed by atoms with Gasteiger partial charge in [0.25, 0.3) is 11.5 Å². The van der Waals surface area contributed by atoms with E-state index in [0.717, 1.165) is 12.1 Å². The minimum absolute atomic E-state index is 0.136. The molecule has 3 heterocycles. The molecule has 0 spiro atoms. The largest absolute Gasteiger partial charge is 0.434 e. The van der Waals surface area contributed by atoms with Crippen LogP contribution in [0.25, 0.3) is 22.5 Å². The maximum atomic E-state index is 14.1. The molecule has 0 aliphatic rings. The van der Waals surface area contributed by atoms with Crippen molar-refractivity contribution in [1.29, 1.82) is 0 Å². The fourth-order valence-electron chi connectivity index (χ4n) is 2.62. The van der Waals surface area contributed by atoms with Gasteiger partial charge in [0.2, 0.25) is 11.5 Å². The van der Waals surface area contributed by atoms with Gasteiger partial charge in [-0.2, -0.15) is 18.4 Å². The molecule has 0 fully saturated rings. The number of tetrazole rings is 1. The molecular weight excluding hydrogens is 400 g/mol. The van der Waals surface area contributed by atoms with Crippen LogP contribution in [-0.4, -0.2) is 31.5 Å². The van der Waals surface area contributed by atoms with Gasteiger partial charge in [0, 0.05) is 11.6 Å². The highest BCUT2D eigenvalue weighted by molar-refractivity contribution is 6.05. The monoisotopic (exact) mass is 408 g/mol. The van der Waals surface area contributed by atoms with Gasteiger partial charge < -0.3 is 9.73 Å². The van der Waals surface area contributed by atoms with E-state index in [2.05, 4.69) is 30.9 Å². The molecule has 0 atom stereocenters. The SMILES string of the molecule is O=C(Nc1cc(-c2nn[nH]n2)ccc1F)c1cc2c(C(F)(F)F)cc(=O)[nH]c2o1. The lowest BCUT2D eigenvalue weighted by atomic mass is 10.1. The first kappa shape index (κ1) is 18.3. The Morgan fingerprint density at radius 2 is 1.97 bits per heavy atom. The van der Waals surface area contributed by atoms with E-state index in [1.165, 1.54) is 12.1 Å². The number of benzene rings is 1. The number of nitrogens with zero attached hydrogens (tertiary/aromatic N) is 3.